The Hall–Kier alpha value is -2.95. The maximum absolute atomic E-state index is 13.6. The minimum absolute atomic E-state index is 0.210. The number of carbonyl (C=O) groups is 2. The standard InChI is InChI=1S/C19H16FNO3/c1-12(24-18(22)10-13-6-2-4-8-16(13)20)19(23)15-11-21-17-9-5-3-7-14(15)17/h2-9,11-12,21H,10H2,1H3/t12-/m1/s1. The summed E-state index contributed by atoms with van der Waals surface area (Å²) in [5, 5.41) is 0.777. The van der Waals surface area contributed by atoms with E-state index in [-0.39, 0.29) is 17.8 Å². The third kappa shape index (κ3) is 3.20. The second-order valence-corrected chi connectivity index (χ2v) is 5.51. The lowest BCUT2D eigenvalue weighted by Crippen LogP contribution is -2.25. The Bertz CT molecular complexity index is 900. The maximum Gasteiger partial charge on any atom is 0.311 e. The van der Waals surface area contributed by atoms with Crippen LogP contribution in [0, 0.1) is 5.82 Å². The minimum atomic E-state index is -0.941. The third-order valence-corrected chi connectivity index (χ3v) is 3.82. The fourth-order valence-corrected chi connectivity index (χ4v) is 2.58. The predicted octanol–water partition coefficient (Wildman–Crippen LogP) is 3.66. The molecule has 0 aliphatic rings. The van der Waals surface area contributed by atoms with E-state index in [4.69, 9.17) is 4.74 Å². The van der Waals surface area contributed by atoms with Gasteiger partial charge >= 0.3 is 5.97 Å². The number of hydrogen-bond donors (Lipinski definition) is 1. The molecule has 1 heterocycles. The molecular formula is C19H16FNO3. The van der Waals surface area contributed by atoms with Crippen molar-refractivity contribution in [3.63, 3.8) is 0 Å². The quantitative estimate of drug-likeness (QED) is 0.575. The van der Waals surface area contributed by atoms with E-state index in [2.05, 4.69) is 4.98 Å². The van der Waals surface area contributed by atoms with Gasteiger partial charge in [-0.25, -0.2) is 4.39 Å². The Morgan fingerprint density at radius 2 is 1.83 bits per heavy atom. The zero-order chi connectivity index (χ0) is 17.1. The highest BCUT2D eigenvalue weighted by Gasteiger charge is 2.22. The number of benzene rings is 2. The van der Waals surface area contributed by atoms with Crippen LogP contribution >= 0.6 is 0 Å². The van der Waals surface area contributed by atoms with E-state index in [1.807, 2.05) is 24.3 Å². The van der Waals surface area contributed by atoms with Gasteiger partial charge in [-0.1, -0.05) is 36.4 Å². The van der Waals surface area contributed by atoms with Gasteiger partial charge in [0.2, 0.25) is 5.78 Å². The van der Waals surface area contributed by atoms with E-state index in [1.54, 1.807) is 18.3 Å². The molecule has 122 valence electrons. The second kappa shape index (κ2) is 6.66. The summed E-state index contributed by atoms with van der Waals surface area (Å²) >= 11 is 0. The molecule has 0 bridgehead atoms. The first-order chi connectivity index (χ1) is 11.6. The van der Waals surface area contributed by atoms with Crippen molar-refractivity contribution in [3.05, 3.63) is 71.7 Å². The van der Waals surface area contributed by atoms with Gasteiger partial charge in [0.25, 0.3) is 0 Å². The van der Waals surface area contributed by atoms with Gasteiger partial charge in [-0.3, -0.25) is 9.59 Å². The first-order valence-electron chi connectivity index (χ1n) is 7.59. The number of rotatable bonds is 5. The van der Waals surface area contributed by atoms with Crippen LogP contribution < -0.4 is 0 Å². The number of esters is 1. The van der Waals surface area contributed by atoms with Gasteiger partial charge in [-0.2, -0.15) is 0 Å². The summed E-state index contributed by atoms with van der Waals surface area (Å²) in [6.07, 6.45) is 0.454. The van der Waals surface area contributed by atoms with E-state index in [0.717, 1.165) is 10.9 Å². The molecule has 2 aromatic carbocycles. The maximum atomic E-state index is 13.6. The number of hydrogen-bond acceptors (Lipinski definition) is 3. The lowest BCUT2D eigenvalue weighted by molar-refractivity contribution is -0.145. The molecule has 24 heavy (non-hydrogen) atoms. The molecule has 0 saturated heterocycles. The van der Waals surface area contributed by atoms with Crippen LogP contribution in [0.1, 0.15) is 22.8 Å². The van der Waals surface area contributed by atoms with Gasteiger partial charge < -0.3 is 9.72 Å². The zero-order valence-corrected chi connectivity index (χ0v) is 13.1. The van der Waals surface area contributed by atoms with E-state index >= 15 is 0 Å². The van der Waals surface area contributed by atoms with Gasteiger partial charge in [0, 0.05) is 22.7 Å². The number of ether oxygens (including phenoxy) is 1. The van der Waals surface area contributed by atoms with Gasteiger partial charge in [-0.15, -0.1) is 0 Å². The van der Waals surface area contributed by atoms with E-state index < -0.39 is 17.9 Å². The Balaban J connectivity index is 1.70. The van der Waals surface area contributed by atoms with E-state index in [9.17, 15) is 14.0 Å². The number of ketones is 1. The summed E-state index contributed by atoms with van der Waals surface area (Å²) < 4.78 is 18.7. The van der Waals surface area contributed by atoms with Crippen molar-refractivity contribution in [2.75, 3.05) is 0 Å². The van der Waals surface area contributed by atoms with Crippen LogP contribution in [-0.2, 0) is 16.0 Å². The van der Waals surface area contributed by atoms with Crippen LogP contribution in [0.4, 0.5) is 4.39 Å². The van der Waals surface area contributed by atoms with Crippen molar-refractivity contribution in [2.24, 2.45) is 0 Å². The first-order valence-corrected chi connectivity index (χ1v) is 7.59. The number of fused-ring (bicyclic) bond motifs is 1. The molecule has 3 aromatic rings. The van der Waals surface area contributed by atoms with Gasteiger partial charge in [0.15, 0.2) is 6.10 Å². The molecule has 3 rings (SSSR count). The van der Waals surface area contributed by atoms with Crippen molar-refractivity contribution >= 4 is 22.7 Å². The molecule has 0 aliphatic carbocycles. The number of halogens is 1. The van der Waals surface area contributed by atoms with Crippen LogP contribution in [-0.4, -0.2) is 22.8 Å². The normalized spacial score (nSPS) is 12.1. The summed E-state index contributed by atoms with van der Waals surface area (Å²) in [4.78, 5) is 27.5. The van der Waals surface area contributed by atoms with Gasteiger partial charge in [0.05, 0.1) is 6.42 Å². The lowest BCUT2D eigenvalue weighted by Gasteiger charge is -2.12. The van der Waals surface area contributed by atoms with Gasteiger partial charge in [0.1, 0.15) is 5.82 Å². The van der Waals surface area contributed by atoms with Crippen LogP contribution in [0.15, 0.2) is 54.7 Å². The van der Waals surface area contributed by atoms with Crippen molar-refractivity contribution in [1.82, 2.24) is 4.98 Å². The monoisotopic (exact) mass is 325 g/mol. The number of aromatic amines is 1. The minimum Gasteiger partial charge on any atom is -0.454 e. The average Bonchev–Trinajstić information content (AvgIpc) is 3.00. The number of H-pyrrole nitrogens is 1. The largest absolute Gasteiger partial charge is 0.454 e. The SMILES string of the molecule is C[C@@H](OC(=O)Cc1ccccc1F)C(=O)c1c[nH]c2ccccc12. The van der Waals surface area contributed by atoms with Crippen molar-refractivity contribution in [1.29, 1.82) is 0 Å². The molecule has 0 saturated carbocycles. The topological polar surface area (TPSA) is 59.2 Å². The fraction of sp³-hybridized carbons (Fsp3) is 0.158. The smallest absolute Gasteiger partial charge is 0.311 e. The molecular weight excluding hydrogens is 309 g/mol. The lowest BCUT2D eigenvalue weighted by atomic mass is 10.1. The molecule has 1 atom stereocenters. The predicted molar refractivity (Wildman–Crippen MR) is 88.3 cm³/mol. The summed E-state index contributed by atoms with van der Waals surface area (Å²) in [7, 11) is 0. The molecule has 5 heteroatoms. The van der Waals surface area contributed by atoms with E-state index in [1.165, 1.54) is 19.1 Å². The fourth-order valence-electron chi connectivity index (χ4n) is 2.58. The zero-order valence-electron chi connectivity index (χ0n) is 13.1. The number of carbonyl (C=O) groups excluding carboxylic acids is 2. The molecule has 0 fully saturated rings. The highest BCUT2D eigenvalue weighted by molar-refractivity contribution is 6.10. The van der Waals surface area contributed by atoms with Crippen molar-refractivity contribution < 1.29 is 18.7 Å². The Morgan fingerprint density at radius 1 is 1.12 bits per heavy atom. The Labute approximate surface area is 138 Å². The third-order valence-electron chi connectivity index (χ3n) is 3.82. The number of aromatic nitrogens is 1. The number of para-hydroxylation sites is 1. The van der Waals surface area contributed by atoms with Crippen molar-refractivity contribution in [3.8, 4) is 0 Å². The summed E-state index contributed by atoms with van der Waals surface area (Å²) in [5.41, 5.74) is 1.55. The molecule has 1 N–H and O–H groups in total. The number of Topliss-reactive ketones (excluding diaryl/α,β-unsaturated/α-hetero) is 1. The van der Waals surface area contributed by atoms with E-state index in [0.29, 0.717) is 5.56 Å². The average molecular weight is 325 g/mol. The summed E-state index contributed by atoms with van der Waals surface area (Å²) in [6, 6.07) is 13.4. The molecule has 4 nitrogen and oxygen atoms in total. The second-order valence-electron chi connectivity index (χ2n) is 5.51. The molecule has 0 aliphatic heterocycles. The molecule has 1 aromatic heterocycles. The first kappa shape index (κ1) is 15.9. The van der Waals surface area contributed by atoms with Crippen molar-refractivity contribution in [2.45, 2.75) is 19.4 Å². The van der Waals surface area contributed by atoms with Gasteiger partial charge in [-0.05, 0) is 24.6 Å². The van der Waals surface area contributed by atoms with Crippen LogP contribution in [0.2, 0.25) is 0 Å². The highest BCUT2D eigenvalue weighted by atomic mass is 19.1. The molecule has 0 amide bonds. The molecule has 0 unspecified atom stereocenters. The Kier molecular flexibility index (Phi) is 4.42. The van der Waals surface area contributed by atoms with Crippen LogP contribution in [0.25, 0.3) is 10.9 Å². The molecule has 0 spiro atoms. The Morgan fingerprint density at radius 3 is 2.62 bits per heavy atom. The summed E-state index contributed by atoms with van der Waals surface area (Å²) in [6.45, 7) is 1.52. The number of nitrogens with one attached hydrogen (secondary N) is 1. The highest BCUT2D eigenvalue weighted by Crippen LogP contribution is 2.20. The molecule has 0 radical (unpaired) electrons. The summed E-state index contributed by atoms with van der Waals surface area (Å²) in [5.74, 6) is -1.40. The van der Waals surface area contributed by atoms with Crippen LogP contribution in [0.5, 0.6) is 0 Å². The van der Waals surface area contributed by atoms with Crippen LogP contribution in [0.3, 0.4) is 0 Å².